The van der Waals surface area contributed by atoms with Crippen LogP contribution < -0.4 is 14.4 Å². The van der Waals surface area contributed by atoms with Crippen molar-refractivity contribution in [3.05, 3.63) is 54.1 Å². The van der Waals surface area contributed by atoms with Gasteiger partial charge >= 0.3 is 11.9 Å². The molecule has 0 bridgehead atoms. The normalized spacial score (nSPS) is 23.4. The molecule has 0 aromatic heterocycles. The number of benzene rings is 2. The third-order valence-corrected chi connectivity index (χ3v) is 8.49. The minimum atomic E-state index is -0.197. The van der Waals surface area contributed by atoms with Crippen molar-refractivity contribution in [1.29, 1.82) is 0 Å². The first-order valence-electron chi connectivity index (χ1n) is 14.1. The number of hydrogen-bond donors (Lipinski definition) is 0. The van der Waals surface area contributed by atoms with E-state index < -0.39 is 0 Å². The van der Waals surface area contributed by atoms with E-state index in [0.29, 0.717) is 43.1 Å². The van der Waals surface area contributed by atoms with Crippen LogP contribution in [0.2, 0.25) is 0 Å². The van der Waals surface area contributed by atoms with Gasteiger partial charge in [0.15, 0.2) is 0 Å². The number of carbonyl (C=O) groups excluding carboxylic acids is 2. The van der Waals surface area contributed by atoms with Crippen LogP contribution >= 0.6 is 0 Å². The number of anilines is 1. The summed E-state index contributed by atoms with van der Waals surface area (Å²) in [5, 5.41) is 0. The molecule has 0 atom stereocenters. The van der Waals surface area contributed by atoms with Crippen molar-refractivity contribution in [3.63, 3.8) is 0 Å². The van der Waals surface area contributed by atoms with E-state index in [1.807, 2.05) is 36.4 Å². The molecule has 0 spiro atoms. The second-order valence-electron chi connectivity index (χ2n) is 11.1. The molecule has 2 aromatic carbocycles. The van der Waals surface area contributed by atoms with E-state index in [4.69, 9.17) is 9.47 Å². The molecule has 3 fully saturated rings. The van der Waals surface area contributed by atoms with Crippen LogP contribution in [0.4, 0.5) is 5.69 Å². The predicted octanol–water partition coefficient (Wildman–Crippen LogP) is 5.80. The number of ether oxygens (including phenoxy) is 2. The largest absolute Gasteiger partial charge is 0.426 e. The average molecular weight is 505 g/mol. The van der Waals surface area contributed by atoms with Crippen LogP contribution in [-0.4, -0.2) is 50.1 Å². The summed E-state index contributed by atoms with van der Waals surface area (Å²) in [5.41, 5.74) is 2.52. The van der Waals surface area contributed by atoms with Crippen molar-refractivity contribution in [1.82, 2.24) is 4.90 Å². The maximum absolute atomic E-state index is 12.8. The molecule has 1 heterocycles. The second kappa shape index (κ2) is 12.1. The van der Waals surface area contributed by atoms with Crippen molar-refractivity contribution in [2.75, 3.05) is 38.1 Å². The molecule has 0 radical (unpaired) electrons. The Kier molecular flexibility index (Phi) is 8.45. The molecule has 198 valence electrons. The van der Waals surface area contributed by atoms with Crippen LogP contribution in [0.3, 0.4) is 0 Å². The van der Waals surface area contributed by atoms with Gasteiger partial charge in [0.05, 0.1) is 11.8 Å². The van der Waals surface area contributed by atoms with E-state index in [1.54, 1.807) is 0 Å². The summed E-state index contributed by atoms with van der Waals surface area (Å²) in [7, 11) is 2.15. The van der Waals surface area contributed by atoms with Crippen molar-refractivity contribution in [3.8, 4) is 11.5 Å². The quantitative estimate of drug-likeness (QED) is 0.366. The maximum Gasteiger partial charge on any atom is 0.314 e. The SMILES string of the molecule is CN1CCN(c2ccc(OC(=O)C3CCC(C(=O)Oc4ccc(C5CCCCC5)cc4)CC3)cc2)CC1. The second-order valence-corrected chi connectivity index (χ2v) is 11.1. The average Bonchev–Trinajstić information content (AvgIpc) is 2.95. The van der Waals surface area contributed by atoms with Gasteiger partial charge in [0.25, 0.3) is 0 Å². The van der Waals surface area contributed by atoms with Gasteiger partial charge in [-0.15, -0.1) is 0 Å². The van der Waals surface area contributed by atoms with Crippen LogP contribution in [0.1, 0.15) is 69.3 Å². The lowest BCUT2D eigenvalue weighted by atomic mass is 9.82. The standard InChI is InChI=1S/C31H40N2O4/c1-32-19-21-33(22-20-32)27-13-17-29(18-14-27)37-31(35)26-9-7-25(8-10-26)30(34)36-28-15-11-24(12-16-28)23-5-3-2-4-6-23/h11-18,23,25-26H,2-10,19-22H2,1H3. The topological polar surface area (TPSA) is 59.1 Å². The smallest absolute Gasteiger partial charge is 0.314 e. The van der Waals surface area contributed by atoms with E-state index in [-0.39, 0.29) is 23.8 Å². The van der Waals surface area contributed by atoms with E-state index in [0.717, 1.165) is 31.9 Å². The van der Waals surface area contributed by atoms with Gasteiger partial charge in [-0.25, -0.2) is 0 Å². The zero-order valence-electron chi connectivity index (χ0n) is 22.1. The Balaban J connectivity index is 1.06. The van der Waals surface area contributed by atoms with Gasteiger partial charge in [0.1, 0.15) is 11.5 Å². The Hall–Kier alpha value is -2.86. The summed E-state index contributed by atoms with van der Waals surface area (Å²) < 4.78 is 11.4. The molecule has 1 aliphatic heterocycles. The van der Waals surface area contributed by atoms with Crippen LogP contribution in [-0.2, 0) is 9.59 Å². The minimum Gasteiger partial charge on any atom is -0.426 e. The highest BCUT2D eigenvalue weighted by Gasteiger charge is 2.32. The van der Waals surface area contributed by atoms with Crippen LogP contribution in [0.5, 0.6) is 11.5 Å². The fourth-order valence-corrected chi connectivity index (χ4v) is 6.00. The number of rotatable bonds is 6. The monoisotopic (exact) mass is 504 g/mol. The lowest BCUT2D eigenvalue weighted by molar-refractivity contribution is -0.145. The van der Waals surface area contributed by atoms with E-state index in [2.05, 4.69) is 29.0 Å². The van der Waals surface area contributed by atoms with Gasteiger partial charge in [-0.05, 0) is 93.5 Å². The van der Waals surface area contributed by atoms with E-state index >= 15 is 0 Å². The Morgan fingerprint density at radius 3 is 1.65 bits per heavy atom. The maximum atomic E-state index is 12.8. The molecule has 5 rings (SSSR count). The molecule has 0 N–H and O–H groups in total. The van der Waals surface area contributed by atoms with Crippen molar-refractivity contribution < 1.29 is 19.1 Å². The van der Waals surface area contributed by atoms with Crippen molar-refractivity contribution >= 4 is 17.6 Å². The first-order chi connectivity index (χ1) is 18.0. The zero-order valence-corrected chi connectivity index (χ0v) is 22.1. The van der Waals surface area contributed by atoms with Crippen molar-refractivity contribution in [2.24, 2.45) is 11.8 Å². The Bertz CT molecular complexity index is 1030. The zero-order chi connectivity index (χ0) is 25.6. The number of likely N-dealkylation sites (N-methyl/N-ethyl adjacent to an activating group) is 1. The summed E-state index contributed by atoms with van der Waals surface area (Å²) in [5.74, 6) is 1.13. The van der Waals surface area contributed by atoms with Crippen LogP contribution in [0, 0.1) is 11.8 Å². The highest BCUT2D eigenvalue weighted by Crippen LogP contribution is 2.34. The summed E-state index contributed by atoms with van der Waals surface area (Å²) in [6.07, 6.45) is 9.08. The molecule has 1 saturated heterocycles. The van der Waals surface area contributed by atoms with Gasteiger partial charge in [-0.1, -0.05) is 31.4 Å². The Morgan fingerprint density at radius 1 is 0.649 bits per heavy atom. The molecule has 6 nitrogen and oxygen atoms in total. The van der Waals surface area contributed by atoms with Gasteiger partial charge in [0.2, 0.25) is 0 Å². The van der Waals surface area contributed by atoms with Crippen LogP contribution in [0.25, 0.3) is 0 Å². The molecule has 2 aromatic rings. The third kappa shape index (κ3) is 6.72. The van der Waals surface area contributed by atoms with Crippen molar-refractivity contribution in [2.45, 2.75) is 63.7 Å². The molecular formula is C31H40N2O4. The molecule has 2 aliphatic carbocycles. The summed E-state index contributed by atoms with van der Waals surface area (Å²) in [4.78, 5) is 30.2. The Labute approximate surface area is 220 Å². The molecule has 3 aliphatic rings. The third-order valence-electron chi connectivity index (χ3n) is 8.49. The first-order valence-corrected chi connectivity index (χ1v) is 14.1. The fraction of sp³-hybridized carbons (Fsp3) is 0.548. The van der Waals surface area contributed by atoms with E-state index in [9.17, 15) is 9.59 Å². The molecule has 0 amide bonds. The molecule has 0 unspecified atom stereocenters. The van der Waals surface area contributed by atoms with Gasteiger partial charge < -0.3 is 19.3 Å². The number of nitrogens with zero attached hydrogens (tertiary/aromatic N) is 2. The highest BCUT2D eigenvalue weighted by atomic mass is 16.5. The van der Waals surface area contributed by atoms with Gasteiger partial charge in [-0.2, -0.15) is 0 Å². The summed E-state index contributed by atoms with van der Waals surface area (Å²) in [6, 6.07) is 15.9. The Morgan fingerprint density at radius 2 is 1.14 bits per heavy atom. The highest BCUT2D eigenvalue weighted by molar-refractivity contribution is 5.78. The number of carbonyl (C=O) groups is 2. The summed E-state index contributed by atoms with van der Waals surface area (Å²) in [6.45, 7) is 4.12. The van der Waals surface area contributed by atoms with E-state index in [1.165, 1.54) is 37.7 Å². The molecular weight excluding hydrogens is 464 g/mol. The van der Waals surface area contributed by atoms with Gasteiger partial charge in [0, 0.05) is 31.9 Å². The number of hydrogen-bond acceptors (Lipinski definition) is 6. The lowest BCUT2D eigenvalue weighted by Crippen LogP contribution is -2.44. The van der Waals surface area contributed by atoms with Crippen LogP contribution in [0.15, 0.2) is 48.5 Å². The fourth-order valence-electron chi connectivity index (χ4n) is 6.00. The summed E-state index contributed by atoms with van der Waals surface area (Å²) >= 11 is 0. The molecule has 2 saturated carbocycles. The minimum absolute atomic E-state index is 0.162. The number of piperazine rings is 1. The van der Waals surface area contributed by atoms with Gasteiger partial charge in [-0.3, -0.25) is 9.59 Å². The first kappa shape index (κ1) is 25.8. The number of esters is 2. The lowest BCUT2D eigenvalue weighted by Gasteiger charge is -2.34. The molecule has 6 heteroatoms. The predicted molar refractivity (Wildman–Crippen MR) is 145 cm³/mol. The molecule has 37 heavy (non-hydrogen) atoms.